The van der Waals surface area contributed by atoms with Crippen molar-refractivity contribution in [3.05, 3.63) is 58.4 Å². The first-order valence-electron chi connectivity index (χ1n) is 5.97. The molecule has 0 saturated carbocycles. The maximum atomic E-state index is 12.4. The molecule has 0 aliphatic carbocycles. The van der Waals surface area contributed by atoms with E-state index in [0.29, 0.717) is 5.69 Å². The van der Waals surface area contributed by atoms with Gasteiger partial charge in [0.15, 0.2) is 0 Å². The van der Waals surface area contributed by atoms with Crippen LogP contribution in [-0.2, 0) is 0 Å². The molecule has 0 radical (unpaired) electrons. The molecule has 21 heavy (non-hydrogen) atoms. The summed E-state index contributed by atoms with van der Waals surface area (Å²) in [6, 6.07) is 7.34. The summed E-state index contributed by atoms with van der Waals surface area (Å²) in [5.74, 6) is 4.94. The molecular weight excluding hydrogens is 274 g/mol. The van der Waals surface area contributed by atoms with Crippen molar-refractivity contribution in [2.45, 2.75) is 0 Å². The second-order valence-corrected chi connectivity index (χ2v) is 4.20. The van der Waals surface area contributed by atoms with Crippen LogP contribution in [-0.4, -0.2) is 22.9 Å². The molecule has 1 aromatic carbocycles. The Hall–Kier alpha value is -3.00. The van der Waals surface area contributed by atoms with E-state index in [1.54, 1.807) is 31.6 Å². The van der Waals surface area contributed by atoms with Crippen LogP contribution in [0.3, 0.4) is 0 Å². The van der Waals surface area contributed by atoms with Crippen LogP contribution in [0.5, 0.6) is 0 Å². The van der Waals surface area contributed by atoms with Crippen LogP contribution in [0.15, 0.2) is 42.7 Å². The highest BCUT2D eigenvalue weighted by molar-refractivity contribution is 6.06. The largest absolute Gasteiger partial charge is 0.318 e. The Morgan fingerprint density at radius 2 is 2.00 bits per heavy atom. The summed E-state index contributed by atoms with van der Waals surface area (Å²) in [5.41, 5.74) is 3.06. The Kier molecular flexibility index (Phi) is 4.10. The summed E-state index contributed by atoms with van der Waals surface area (Å²) in [5, 5.41) is 10.8. The quantitative estimate of drug-likeness (QED) is 0.501. The van der Waals surface area contributed by atoms with E-state index in [0.717, 1.165) is 0 Å². The van der Waals surface area contributed by atoms with Gasteiger partial charge in [-0.15, -0.1) is 0 Å². The maximum absolute atomic E-state index is 12.4. The first-order chi connectivity index (χ1) is 10.0. The number of hydrogen-bond donors (Lipinski definition) is 2. The summed E-state index contributed by atoms with van der Waals surface area (Å²) in [6.45, 7) is 0. The van der Waals surface area contributed by atoms with Gasteiger partial charge in [0, 0.05) is 36.8 Å². The number of carbonyl (C=O) groups is 1. The molecule has 8 heteroatoms. The molecule has 0 bridgehead atoms. The van der Waals surface area contributed by atoms with Gasteiger partial charge in [-0.25, -0.2) is 0 Å². The Labute approximate surface area is 120 Å². The molecule has 3 N–H and O–H groups in total. The summed E-state index contributed by atoms with van der Waals surface area (Å²) >= 11 is 0. The molecule has 0 saturated heterocycles. The zero-order valence-corrected chi connectivity index (χ0v) is 11.2. The van der Waals surface area contributed by atoms with Crippen molar-refractivity contribution in [3.8, 4) is 0 Å². The summed E-state index contributed by atoms with van der Waals surface area (Å²) < 4.78 is 0. The lowest BCUT2D eigenvalue weighted by atomic mass is 10.1. The molecule has 1 amide bonds. The number of nitrogen functional groups attached to an aromatic ring is 1. The van der Waals surface area contributed by atoms with Crippen LogP contribution in [0.25, 0.3) is 0 Å². The van der Waals surface area contributed by atoms with E-state index >= 15 is 0 Å². The third-order valence-corrected chi connectivity index (χ3v) is 2.95. The molecule has 1 heterocycles. The number of aromatic nitrogens is 1. The predicted octanol–water partition coefficient (Wildman–Crippen LogP) is 1.55. The van der Waals surface area contributed by atoms with E-state index in [-0.39, 0.29) is 22.8 Å². The monoisotopic (exact) mass is 287 g/mol. The fourth-order valence-electron chi connectivity index (χ4n) is 1.82. The predicted molar refractivity (Wildman–Crippen MR) is 77.9 cm³/mol. The number of nitrogens with two attached hydrogens (primary N) is 1. The molecule has 1 aromatic heterocycles. The Morgan fingerprint density at radius 1 is 1.33 bits per heavy atom. The number of nitrogens with one attached hydrogen (secondary N) is 1. The van der Waals surface area contributed by atoms with Gasteiger partial charge in [-0.2, -0.15) is 0 Å². The summed E-state index contributed by atoms with van der Waals surface area (Å²) in [7, 11) is 1.61. The van der Waals surface area contributed by atoms with Gasteiger partial charge >= 0.3 is 0 Å². The zero-order chi connectivity index (χ0) is 15.4. The Morgan fingerprint density at radius 3 is 2.57 bits per heavy atom. The molecule has 8 nitrogen and oxygen atoms in total. The molecule has 0 spiro atoms. The van der Waals surface area contributed by atoms with Crippen LogP contribution in [0, 0.1) is 10.1 Å². The number of anilines is 2. The molecule has 0 atom stereocenters. The van der Waals surface area contributed by atoms with Gasteiger partial charge in [0.05, 0.1) is 4.92 Å². The van der Waals surface area contributed by atoms with Gasteiger partial charge in [-0.3, -0.25) is 25.7 Å². The van der Waals surface area contributed by atoms with Crippen molar-refractivity contribution in [1.29, 1.82) is 0 Å². The molecule has 0 aliphatic rings. The number of amides is 1. The zero-order valence-electron chi connectivity index (χ0n) is 11.2. The van der Waals surface area contributed by atoms with Gasteiger partial charge in [0.25, 0.3) is 11.6 Å². The number of rotatable bonds is 4. The number of nitro benzene ring substituents is 1. The topological polar surface area (TPSA) is 114 Å². The lowest BCUT2D eigenvalue weighted by molar-refractivity contribution is -0.384. The number of pyridine rings is 1. The number of hydrazine groups is 1. The highest BCUT2D eigenvalue weighted by Crippen LogP contribution is 2.25. The van der Waals surface area contributed by atoms with Gasteiger partial charge in [-0.05, 0) is 24.3 Å². The maximum Gasteiger partial charge on any atom is 0.293 e. The fourth-order valence-corrected chi connectivity index (χ4v) is 1.82. The van der Waals surface area contributed by atoms with Crippen molar-refractivity contribution in [3.63, 3.8) is 0 Å². The molecule has 0 unspecified atom stereocenters. The Bertz CT molecular complexity index is 675. The fraction of sp³-hybridized carbons (Fsp3) is 0.0769. The third-order valence-electron chi connectivity index (χ3n) is 2.95. The molecule has 0 aliphatic heterocycles. The van der Waals surface area contributed by atoms with E-state index in [9.17, 15) is 14.9 Å². The van der Waals surface area contributed by atoms with Gasteiger partial charge < -0.3 is 10.3 Å². The first-order valence-corrected chi connectivity index (χ1v) is 5.97. The van der Waals surface area contributed by atoms with Gasteiger partial charge in [0.2, 0.25) is 0 Å². The number of hydrogen-bond acceptors (Lipinski definition) is 6. The van der Waals surface area contributed by atoms with Crippen molar-refractivity contribution in [2.24, 2.45) is 5.84 Å². The number of carbonyl (C=O) groups excluding carboxylic acids is 1. The normalized spacial score (nSPS) is 10.0. The average Bonchev–Trinajstić information content (AvgIpc) is 2.53. The molecule has 0 fully saturated rings. The standard InChI is InChI=1S/C13H13N5O3/c1-17(10-4-6-15-7-5-10)13(19)9-2-3-12(18(20)21)11(8-9)16-14/h2-8,16H,14H2,1H3. The molecule has 108 valence electrons. The third kappa shape index (κ3) is 2.95. The molecule has 2 aromatic rings. The minimum Gasteiger partial charge on any atom is -0.318 e. The van der Waals surface area contributed by atoms with Gasteiger partial charge in [-0.1, -0.05) is 0 Å². The highest BCUT2D eigenvalue weighted by atomic mass is 16.6. The number of benzene rings is 1. The van der Waals surface area contributed by atoms with Crippen LogP contribution in [0.2, 0.25) is 0 Å². The van der Waals surface area contributed by atoms with E-state index in [1.165, 1.54) is 23.1 Å². The Balaban J connectivity index is 2.34. The highest BCUT2D eigenvalue weighted by Gasteiger charge is 2.19. The van der Waals surface area contributed by atoms with Crippen molar-refractivity contribution in [1.82, 2.24) is 4.98 Å². The number of nitro groups is 1. The van der Waals surface area contributed by atoms with E-state index in [1.807, 2.05) is 0 Å². The van der Waals surface area contributed by atoms with Crippen molar-refractivity contribution >= 4 is 23.0 Å². The second-order valence-electron chi connectivity index (χ2n) is 4.20. The van der Waals surface area contributed by atoms with Crippen molar-refractivity contribution < 1.29 is 9.72 Å². The molecular formula is C13H13N5O3. The van der Waals surface area contributed by atoms with Crippen LogP contribution in [0.4, 0.5) is 17.1 Å². The lowest BCUT2D eigenvalue weighted by Gasteiger charge is -2.17. The summed E-state index contributed by atoms with van der Waals surface area (Å²) in [6.07, 6.45) is 3.14. The van der Waals surface area contributed by atoms with E-state index in [4.69, 9.17) is 5.84 Å². The number of nitrogens with zero attached hydrogens (tertiary/aromatic N) is 3. The van der Waals surface area contributed by atoms with E-state index in [2.05, 4.69) is 10.4 Å². The smallest absolute Gasteiger partial charge is 0.293 e. The van der Waals surface area contributed by atoms with E-state index < -0.39 is 4.92 Å². The minimum atomic E-state index is -0.573. The van der Waals surface area contributed by atoms with Crippen molar-refractivity contribution in [2.75, 3.05) is 17.4 Å². The van der Waals surface area contributed by atoms with Crippen LogP contribution < -0.4 is 16.2 Å². The molecule has 2 rings (SSSR count). The average molecular weight is 287 g/mol. The minimum absolute atomic E-state index is 0.0778. The van der Waals surface area contributed by atoms with Gasteiger partial charge in [0.1, 0.15) is 5.69 Å². The lowest BCUT2D eigenvalue weighted by Crippen LogP contribution is -2.26. The van der Waals surface area contributed by atoms with Crippen LogP contribution in [0.1, 0.15) is 10.4 Å². The van der Waals surface area contributed by atoms with Crippen LogP contribution >= 0.6 is 0 Å². The first kappa shape index (κ1) is 14.4. The SMILES string of the molecule is CN(C(=O)c1ccc([N+](=O)[O-])c(NN)c1)c1ccncc1. The summed E-state index contributed by atoms with van der Waals surface area (Å²) in [4.78, 5) is 27.9. The second kappa shape index (κ2) is 5.97.